The van der Waals surface area contributed by atoms with Crippen LogP contribution in [0.15, 0.2) is 24.3 Å². The van der Waals surface area contributed by atoms with Gasteiger partial charge in [0.05, 0.1) is 0 Å². The number of nitrogen functional groups attached to an aromatic ring is 1. The number of aromatic amines is 1. The third kappa shape index (κ3) is 6.36. The van der Waals surface area contributed by atoms with E-state index < -0.39 is 5.60 Å². The minimum atomic E-state index is -0.428. The van der Waals surface area contributed by atoms with Crippen molar-refractivity contribution in [2.45, 2.75) is 102 Å². The number of piperidine rings is 2. The number of aromatic hydroxyl groups is 1. The normalized spacial score (nSPS) is 25.4. The summed E-state index contributed by atoms with van der Waals surface area (Å²) in [6, 6.07) is 9.36. The first-order valence-corrected chi connectivity index (χ1v) is 17.9. The van der Waals surface area contributed by atoms with Crippen molar-refractivity contribution in [3.8, 4) is 5.75 Å². The Balaban J connectivity index is 0.886. The van der Waals surface area contributed by atoms with Gasteiger partial charge < -0.3 is 41.0 Å². The first kappa shape index (κ1) is 32.3. The third-order valence-electron chi connectivity index (χ3n) is 11.8. The predicted octanol–water partition coefficient (Wildman–Crippen LogP) is 5.01. The lowest BCUT2D eigenvalue weighted by Gasteiger charge is -2.61. The minimum Gasteiger partial charge on any atom is -0.507 e. The Morgan fingerprint density at radius 2 is 1.60 bits per heavy atom. The molecule has 7 rings (SSSR count). The zero-order valence-corrected chi connectivity index (χ0v) is 28.8. The van der Waals surface area contributed by atoms with Crippen molar-refractivity contribution in [2.75, 3.05) is 51.5 Å². The highest BCUT2D eigenvalue weighted by molar-refractivity contribution is 5.86. The highest BCUT2D eigenvalue weighted by atomic mass is 16.6. The van der Waals surface area contributed by atoms with Gasteiger partial charge in [0, 0.05) is 78.2 Å². The molecule has 10 heteroatoms. The summed E-state index contributed by atoms with van der Waals surface area (Å²) in [5, 5.41) is 10.3. The number of nitrogens with two attached hydrogens (primary N) is 2. The fourth-order valence-electron chi connectivity index (χ4n) is 9.36. The average Bonchev–Trinajstić information content (AvgIpc) is 3.31. The molecule has 1 aromatic heterocycles. The fraction of sp³-hybridized carbons (Fsp3) is 0.649. The third-order valence-corrected chi connectivity index (χ3v) is 11.8. The van der Waals surface area contributed by atoms with Crippen LogP contribution in [0, 0.1) is 5.41 Å². The smallest absolute Gasteiger partial charge is 0.410 e. The van der Waals surface area contributed by atoms with Crippen molar-refractivity contribution in [2.24, 2.45) is 11.1 Å². The van der Waals surface area contributed by atoms with Gasteiger partial charge in [-0.1, -0.05) is 12.1 Å². The molecule has 5 aliphatic rings. The largest absolute Gasteiger partial charge is 0.507 e. The molecule has 5 heterocycles. The Labute approximate surface area is 280 Å². The molecule has 10 nitrogen and oxygen atoms in total. The molecule has 1 amide bonds. The molecule has 1 aliphatic carbocycles. The van der Waals surface area contributed by atoms with E-state index in [0.717, 1.165) is 31.6 Å². The van der Waals surface area contributed by atoms with Crippen LogP contribution in [0.25, 0.3) is 11.8 Å². The molecule has 256 valence electrons. The van der Waals surface area contributed by atoms with E-state index in [4.69, 9.17) is 16.2 Å². The predicted molar refractivity (Wildman–Crippen MR) is 187 cm³/mol. The molecule has 0 radical (unpaired) electrons. The summed E-state index contributed by atoms with van der Waals surface area (Å²) in [5.74, 6) is 0.824. The highest BCUT2D eigenvalue weighted by Gasteiger charge is 2.56. The molecule has 6 N–H and O–H groups in total. The van der Waals surface area contributed by atoms with E-state index in [9.17, 15) is 9.90 Å². The number of para-hydroxylation sites is 1. The molecule has 1 unspecified atom stereocenters. The van der Waals surface area contributed by atoms with E-state index in [1.165, 1.54) is 76.0 Å². The summed E-state index contributed by atoms with van der Waals surface area (Å²) in [7, 11) is 0. The molecular formula is C37H55N7O3. The van der Waals surface area contributed by atoms with Crippen molar-refractivity contribution < 1.29 is 14.6 Å². The maximum atomic E-state index is 12.4. The highest BCUT2D eigenvalue weighted by Crippen LogP contribution is 2.51. The number of carbonyl (C=O) groups excluding carboxylic acids is 1. The second kappa shape index (κ2) is 12.3. The summed E-state index contributed by atoms with van der Waals surface area (Å²) in [6.45, 7) is 15.6. The second-order valence-corrected chi connectivity index (χ2v) is 16.1. The molecule has 3 saturated heterocycles. The molecule has 4 aliphatic heterocycles. The van der Waals surface area contributed by atoms with Gasteiger partial charge in [0.15, 0.2) is 0 Å². The van der Waals surface area contributed by atoms with Gasteiger partial charge in [-0.25, -0.2) is 4.79 Å². The molecule has 4 fully saturated rings. The van der Waals surface area contributed by atoms with E-state index in [1.807, 2.05) is 43.9 Å². The number of ether oxygens (including phenoxy) is 1. The van der Waals surface area contributed by atoms with Crippen LogP contribution in [0.4, 0.5) is 10.6 Å². The molecule has 0 bridgehead atoms. The van der Waals surface area contributed by atoms with Crippen molar-refractivity contribution in [1.29, 1.82) is 0 Å². The summed E-state index contributed by atoms with van der Waals surface area (Å²) < 4.78 is 5.56. The van der Waals surface area contributed by atoms with Gasteiger partial charge in [-0.05, 0) is 116 Å². The molecule has 1 aromatic carbocycles. The number of rotatable bonds is 5. The Morgan fingerprint density at radius 1 is 0.979 bits per heavy atom. The van der Waals surface area contributed by atoms with Gasteiger partial charge in [0.1, 0.15) is 17.2 Å². The SMILES string of the molecule is CC1c2c([nH]c(N)c2/C=C(\N)c2ccccc2O)CCN1C1CCN(C2CCN(C3CC4(C3)CN(C(=O)OC(C)(C)C)C4)CC2)CC1. The van der Waals surface area contributed by atoms with Crippen LogP contribution in [-0.2, 0) is 11.2 Å². The molecular weight excluding hydrogens is 590 g/mol. The number of nitrogens with zero attached hydrogens (tertiary/aromatic N) is 4. The maximum Gasteiger partial charge on any atom is 0.410 e. The first-order valence-electron chi connectivity index (χ1n) is 17.9. The lowest BCUT2D eigenvalue weighted by Crippen LogP contribution is -2.68. The van der Waals surface area contributed by atoms with E-state index in [2.05, 4.69) is 26.6 Å². The van der Waals surface area contributed by atoms with Crippen LogP contribution in [0.5, 0.6) is 5.75 Å². The standard InChI is InChI=1S/C37H55N7O3/c1-24-33-29(19-30(38)28-7-5-6-8-32(28)45)34(39)40-31(33)13-18-44(24)26-11-16-41(17-12-26)25-9-14-42(15-10-25)27-20-37(21-27)22-43(23-37)35(46)47-36(2,3)4/h5-8,19,24-27,40,45H,9-18,20-23,38-39H2,1-4H3/b30-19-. The summed E-state index contributed by atoms with van der Waals surface area (Å²) in [4.78, 5) is 25.9. The number of nitrogens with one attached hydrogen (secondary N) is 1. The van der Waals surface area contributed by atoms with E-state index >= 15 is 0 Å². The van der Waals surface area contributed by atoms with Crippen molar-refractivity contribution >= 4 is 23.7 Å². The van der Waals surface area contributed by atoms with Gasteiger partial charge in [-0.15, -0.1) is 0 Å². The number of phenols is 1. The molecule has 47 heavy (non-hydrogen) atoms. The number of hydrogen-bond acceptors (Lipinski definition) is 8. The zero-order valence-electron chi connectivity index (χ0n) is 28.8. The number of benzene rings is 1. The molecule has 1 atom stereocenters. The van der Waals surface area contributed by atoms with Crippen LogP contribution in [0.1, 0.15) is 94.6 Å². The minimum absolute atomic E-state index is 0.155. The van der Waals surface area contributed by atoms with Crippen molar-refractivity contribution in [3.63, 3.8) is 0 Å². The first-order chi connectivity index (χ1) is 22.4. The van der Waals surface area contributed by atoms with Gasteiger partial charge in [0.2, 0.25) is 0 Å². The lowest BCUT2D eigenvalue weighted by atomic mass is 9.60. The Kier molecular flexibility index (Phi) is 8.50. The number of carbonyl (C=O) groups is 1. The van der Waals surface area contributed by atoms with E-state index in [1.54, 1.807) is 12.1 Å². The van der Waals surface area contributed by atoms with E-state index in [-0.39, 0.29) is 17.9 Å². The second-order valence-electron chi connectivity index (χ2n) is 16.1. The molecule has 1 spiro atoms. The van der Waals surface area contributed by atoms with Crippen LogP contribution >= 0.6 is 0 Å². The average molecular weight is 646 g/mol. The Bertz CT molecular complexity index is 1480. The van der Waals surface area contributed by atoms with Crippen LogP contribution in [0.3, 0.4) is 0 Å². The number of hydrogen-bond donors (Lipinski definition) is 4. The van der Waals surface area contributed by atoms with Crippen molar-refractivity contribution in [3.05, 3.63) is 46.6 Å². The van der Waals surface area contributed by atoms with Crippen LogP contribution in [0.2, 0.25) is 0 Å². The summed E-state index contributed by atoms with van der Waals surface area (Å²) in [5.41, 5.74) is 17.5. The van der Waals surface area contributed by atoms with Crippen LogP contribution < -0.4 is 11.5 Å². The molecule has 2 aromatic rings. The quantitative estimate of drug-likeness (QED) is 0.358. The lowest BCUT2D eigenvalue weighted by molar-refractivity contribution is -0.113. The zero-order chi connectivity index (χ0) is 33.1. The van der Waals surface area contributed by atoms with Crippen LogP contribution in [-0.4, -0.2) is 105 Å². The van der Waals surface area contributed by atoms with Gasteiger partial charge in [0.25, 0.3) is 0 Å². The molecule has 1 saturated carbocycles. The van der Waals surface area contributed by atoms with Gasteiger partial charge in [-0.2, -0.15) is 0 Å². The topological polar surface area (TPSA) is 127 Å². The number of phenolic OH excluding ortho intramolecular Hbond substituents is 1. The Hall–Kier alpha value is -3.21. The monoisotopic (exact) mass is 645 g/mol. The maximum absolute atomic E-state index is 12.4. The number of likely N-dealkylation sites (tertiary alicyclic amines) is 3. The Morgan fingerprint density at radius 3 is 2.23 bits per heavy atom. The van der Waals surface area contributed by atoms with Crippen molar-refractivity contribution in [1.82, 2.24) is 24.6 Å². The summed E-state index contributed by atoms with van der Waals surface area (Å²) in [6.07, 6.45) is 10.1. The number of H-pyrrole nitrogens is 1. The number of amides is 1. The van der Waals surface area contributed by atoms with Gasteiger partial charge in [-0.3, -0.25) is 4.90 Å². The fourth-order valence-corrected chi connectivity index (χ4v) is 9.36. The number of fused-ring (bicyclic) bond motifs is 1. The van der Waals surface area contributed by atoms with E-state index in [0.29, 0.717) is 40.6 Å². The summed E-state index contributed by atoms with van der Waals surface area (Å²) >= 11 is 0. The number of anilines is 1. The van der Waals surface area contributed by atoms with Gasteiger partial charge >= 0.3 is 6.09 Å². The number of aromatic nitrogens is 1.